The number of halogens is 2. The van der Waals surface area contributed by atoms with Crippen LogP contribution in [0.1, 0.15) is 37.7 Å². The standard InChI is InChI=1S/C21H30N2O3.2ClH/c24-20-21(8-10-22-11-9-21)14-19(26-20)15-23-12-6-18(7-13-23)25-16-17-4-2-1-3-5-17;;/h1-5,18-19,22H,6-16H2;2*1H. The van der Waals surface area contributed by atoms with E-state index in [-0.39, 0.29) is 42.3 Å². The zero-order chi connectivity index (χ0) is 17.8. The molecule has 0 saturated carbocycles. The van der Waals surface area contributed by atoms with Crippen LogP contribution in [0.5, 0.6) is 0 Å². The fourth-order valence-corrected chi connectivity index (χ4v) is 4.59. The van der Waals surface area contributed by atoms with E-state index in [2.05, 4.69) is 34.5 Å². The SMILES string of the molecule is Cl.Cl.O=C1OC(CN2CCC(OCc3ccccc3)CC2)CC12CCNCC2. The van der Waals surface area contributed by atoms with Crippen molar-refractivity contribution in [3.05, 3.63) is 35.9 Å². The lowest BCUT2D eigenvalue weighted by Gasteiger charge is -2.33. The van der Waals surface area contributed by atoms with Gasteiger partial charge in [-0.15, -0.1) is 24.8 Å². The van der Waals surface area contributed by atoms with Gasteiger partial charge in [0.25, 0.3) is 0 Å². The van der Waals surface area contributed by atoms with Gasteiger partial charge in [-0.05, 0) is 44.3 Å². The van der Waals surface area contributed by atoms with Gasteiger partial charge in [0.15, 0.2) is 0 Å². The molecule has 3 fully saturated rings. The summed E-state index contributed by atoms with van der Waals surface area (Å²) in [6.45, 7) is 5.51. The number of hydrogen-bond acceptors (Lipinski definition) is 5. The van der Waals surface area contributed by atoms with E-state index in [0.29, 0.717) is 12.7 Å². The van der Waals surface area contributed by atoms with Crippen LogP contribution < -0.4 is 5.32 Å². The molecule has 1 aromatic carbocycles. The average molecular weight is 431 g/mol. The fourth-order valence-electron chi connectivity index (χ4n) is 4.59. The van der Waals surface area contributed by atoms with Crippen molar-refractivity contribution in [2.75, 3.05) is 32.7 Å². The Morgan fingerprint density at radius 2 is 1.79 bits per heavy atom. The van der Waals surface area contributed by atoms with Gasteiger partial charge in [-0.3, -0.25) is 9.69 Å². The van der Waals surface area contributed by atoms with E-state index >= 15 is 0 Å². The number of likely N-dealkylation sites (tertiary alicyclic amines) is 1. The number of carbonyl (C=O) groups excluding carboxylic acids is 1. The molecule has 3 heterocycles. The van der Waals surface area contributed by atoms with E-state index in [1.54, 1.807) is 0 Å². The maximum absolute atomic E-state index is 12.4. The van der Waals surface area contributed by atoms with Crippen LogP contribution in [-0.2, 0) is 20.9 Å². The number of nitrogens with one attached hydrogen (secondary N) is 1. The van der Waals surface area contributed by atoms with Gasteiger partial charge >= 0.3 is 5.97 Å². The normalized spacial score (nSPS) is 25.0. The summed E-state index contributed by atoms with van der Waals surface area (Å²) in [5.74, 6) is 0.0464. The lowest BCUT2D eigenvalue weighted by atomic mass is 9.76. The second-order valence-corrected chi connectivity index (χ2v) is 8.06. The number of cyclic esters (lactones) is 1. The lowest BCUT2D eigenvalue weighted by Crippen LogP contribution is -2.41. The molecule has 1 unspecified atom stereocenters. The van der Waals surface area contributed by atoms with Gasteiger partial charge in [0.1, 0.15) is 6.10 Å². The second-order valence-electron chi connectivity index (χ2n) is 8.06. The quantitative estimate of drug-likeness (QED) is 0.726. The number of carbonyl (C=O) groups is 1. The van der Waals surface area contributed by atoms with Crippen molar-refractivity contribution in [1.29, 1.82) is 0 Å². The molecular weight excluding hydrogens is 399 g/mol. The van der Waals surface area contributed by atoms with Crippen LogP contribution in [0.3, 0.4) is 0 Å². The average Bonchev–Trinajstić information content (AvgIpc) is 2.97. The van der Waals surface area contributed by atoms with Crippen LogP contribution >= 0.6 is 24.8 Å². The van der Waals surface area contributed by atoms with Gasteiger partial charge in [-0.2, -0.15) is 0 Å². The number of hydrogen-bond donors (Lipinski definition) is 1. The van der Waals surface area contributed by atoms with Crippen molar-refractivity contribution in [3.63, 3.8) is 0 Å². The fraction of sp³-hybridized carbons (Fsp3) is 0.667. The van der Waals surface area contributed by atoms with Crippen molar-refractivity contribution in [3.8, 4) is 0 Å². The van der Waals surface area contributed by atoms with E-state index in [9.17, 15) is 4.79 Å². The number of esters is 1. The monoisotopic (exact) mass is 430 g/mol. The van der Waals surface area contributed by atoms with Crippen molar-refractivity contribution >= 4 is 30.8 Å². The molecule has 0 bridgehead atoms. The Labute approximate surface area is 180 Å². The van der Waals surface area contributed by atoms with Crippen LogP contribution in [0.15, 0.2) is 30.3 Å². The molecular formula is C21H32Cl2N2O3. The summed E-state index contributed by atoms with van der Waals surface area (Å²) in [6, 6.07) is 10.4. The summed E-state index contributed by atoms with van der Waals surface area (Å²) in [6.07, 6.45) is 5.29. The topological polar surface area (TPSA) is 50.8 Å². The Morgan fingerprint density at radius 3 is 2.46 bits per heavy atom. The largest absolute Gasteiger partial charge is 0.461 e. The van der Waals surface area contributed by atoms with Gasteiger partial charge in [0.2, 0.25) is 0 Å². The minimum absolute atomic E-state index is 0. The summed E-state index contributed by atoms with van der Waals surface area (Å²) in [5.41, 5.74) is 1.03. The molecule has 158 valence electrons. The van der Waals surface area contributed by atoms with Gasteiger partial charge in [0, 0.05) is 26.1 Å². The van der Waals surface area contributed by atoms with Crippen LogP contribution in [0.4, 0.5) is 0 Å². The van der Waals surface area contributed by atoms with Crippen LogP contribution in [0.2, 0.25) is 0 Å². The number of ether oxygens (including phenoxy) is 2. The Hall–Kier alpha value is -0.850. The van der Waals surface area contributed by atoms with Gasteiger partial charge in [-0.25, -0.2) is 0 Å². The highest BCUT2D eigenvalue weighted by Gasteiger charge is 2.49. The Balaban J connectivity index is 0.00000140. The summed E-state index contributed by atoms with van der Waals surface area (Å²) in [5, 5.41) is 3.35. The molecule has 0 aromatic heterocycles. The minimum atomic E-state index is -0.201. The first-order valence-electron chi connectivity index (χ1n) is 10.0. The van der Waals surface area contributed by atoms with Crippen molar-refractivity contribution in [2.45, 2.75) is 50.9 Å². The van der Waals surface area contributed by atoms with Crippen LogP contribution in [0.25, 0.3) is 0 Å². The maximum atomic E-state index is 12.4. The minimum Gasteiger partial charge on any atom is -0.461 e. The molecule has 28 heavy (non-hydrogen) atoms. The van der Waals surface area contributed by atoms with Crippen molar-refractivity contribution in [2.24, 2.45) is 5.41 Å². The van der Waals surface area contributed by atoms with E-state index in [4.69, 9.17) is 9.47 Å². The Morgan fingerprint density at radius 1 is 1.11 bits per heavy atom. The summed E-state index contributed by atoms with van der Waals surface area (Å²) >= 11 is 0. The number of piperidine rings is 2. The zero-order valence-electron chi connectivity index (χ0n) is 16.3. The van der Waals surface area contributed by atoms with Crippen molar-refractivity contribution in [1.82, 2.24) is 10.2 Å². The smallest absolute Gasteiger partial charge is 0.312 e. The molecule has 3 aliphatic heterocycles. The molecule has 3 aliphatic rings. The van der Waals surface area contributed by atoms with Gasteiger partial charge < -0.3 is 14.8 Å². The Kier molecular flexibility index (Phi) is 9.03. The highest BCUT2D eigenvalue weighted by atomic mass is 35.5. The highest BCUT2D eigenvalue weighted by molar-refractivity contribution is 5.85. The van der Waals surface area contributed by atoms with E-state index in [1.807, 2.05) is 6.07 Å². The molecule has 3 saturated heterocycles. The first-order valence-corrected chi connectivity index (χ1v) is 10.0. The predicted molar refractivity (Wildman–Crippen MR) is 114 cm³/mol. The number of rotatable bonds is 5. The van der Waals surface area contributed by atoms with Crippen LogP contribution in [0, 0.1) is 5.41 Å². The Bertz CT molecular complexity index is 603. The first-order chi connectivity index (χ1) is 12.7. The molecule has 0 amide bonds. The third kappa shape index (κ3) is 5.61. The lowest BCUT2D eigenvalue weighted by molar-refractivity contribution is -0.150. The molecule has 1 atom stereocenters. The molecule has 7 heteroatoms. The third-order valence-electron chi connectivity index (χ3n) is 6.21. The zero-order valence-corrected chi connectivity index (χ0v) is 17.9. The molecule has 1 N–H and O–H groups in total. The first kappa shape index (κ1) is 23.4. The summed E-state index contributed by atoms with van der Waals surface area (Å²) in [7, 11) is 0. The second kappa shape index (κ2) is 10.8. The van der Waals surface area contributed by atoms with Gasteiger partial charge in [-0.1, -0.05) is 30.3 Å². The van der Waals surface area contributed by atoms with Crippen LogP contribution in [-0.4, -0.2) is 55.8 Å². The third-order valence-corrected chi connectivity index (χ3v) is 6.21. The molecule has 0 radical (unpaired) electrons. The summed E-state index contributed by atoms with van der Waals surface area (Å²) in [4.78, 5) is 14.8. The molecule has 1 spiro atoms. The molecule has 1 aromatic rings. The highest BCUT2D eigenvalue weighted by Crippen LogP contribution is 2.41. The molecule has 5 nitrogen and oxygen atoms in total. The van der Waals surface area contributed by atoms with E-state index < -0.39 is 0 Å². The van der Waals surface area contributed by atoms with E-state index in [0.717, 1.165) is 64.8 Å². The summed E-state index contributed by atoms with van der Waals surface area (Å²) < 4.78 is 11.8. The maximum Gasteiger partial charge on any atom is 0.312 e. The van der Waals surface area contributed by atoms with E-state index in [1.165, 1.54) is 5.56 Å². The molecule has 4 rings (SSSR count). The predicted octanol–water partition coefficient (Wildman–Crippen LogP) is 3.20. The molecule has 0 aliphatic carbocycles. The van der Waals surface area contributed by atoms with Crippen molar-refractivity contribution < 1.29 is 14.3 Å². The number of benzene rings is 1. The van der Waals surface area contributed by atoms with Gasteiger partial charge in [0.05, 0.1) is 18.1 Å². The number of nitrogens with zero attached hydrogens (tertiary/aromatic N) is 1.